The maximum absolute atomic E-state index is 12.9. The minimum Gasteiger partial charge on any atom is -0.316 e. The van der Waals surface area contributed by atoms with E-state index < -0.39 is 0 Å². The first-order valence-electron chi connectivity index (χ1n) is 5.32. The molecule has 1 aromatic carbocycles. The van der Waals surface area contributed by atoms with Crippen molar-refractivity contribution in [1.82, 2.24) is 5.32 Å². The van der Waals surface area contributed by atoms with Gasteiger partial charge in [-0.05, 0) is 31.7 Å². The first-order valence-corrected chi connectivity index (χ1v) is 6.30. The van der Waals surface area contributed by atoms with Gasteiger partial charge < -0.3 is 5.32 Å². The van der Waals surface area contributed by atoms with E-state index >= 15 is 0 Å². The maximum atomic E-state index is 12.9. The Balaban J connectivity index is 2.41. The molecule has 84 valence electrons. The minimum absolute atomic E-state index is 0.156. The van der Waals surface area contributed by atoms with Crippen LogP contribution in [0, 0.1) is 5.82 Å². The first-order chi connectivity index (χ1) is 7.26. The molecular weight excluding hydrogens is 209 g/mol. The predicted molar refractivity (Wildman–Crippen MR) is 64.9 cm³/mol. The van der Waals surface area contributed by atoms with Crippen molar-refractivity contribution in [2.45, 2.75) is 30.7 Å². The molecule has 0 bridgehead atoms. The average Bonchev–Trinajstić information content (AvgIpc) is 2.24. The quantitative estimate of drug-likeness (QED) is 0.748. The fourth-order valence-corrected chi connectivity index (χ4v) is 2.51. The van der Waals surface area contributed by atoms with Crippen LogP contribution in [-0.4, -0.2) is 18.8 Å². The Morgan fingerprint density at radius 1 is 1.47 bits per heavy atom. The highest BCUT2D eigenvalue weighted by molar-refractivity contribution is 7.99. The Morgan fingerprint density at radius 3 is 2.87 bits per heavy atom. The van der Waals surface area contributed by atoms with Gasteiger partial charge in [0.15, 0.2) is 0 Å². The van der Waals surface area contributed by atoms with Crippen molar-refractivity contribution >= 4 is 11.8 Å². The van der Waals surface area contributed by atoms with Crippen LogP contribution in [0.2, 0.25) is 0 Å². The molecule has 1 atom stereocenters. The Bertz CT molecular complexity index is 291. The van der Waals surface area contributed by atoms with Gasteiger partial charge in [0.05, 0.1) is 0 Å². The number of halogens is 1. The molecule has 1 aromatic rings. The van der Waals surface area contributed by atoms with E-state index in [4.69, 9.17) is 0 Å². The molecule has 3 heteroatoms. The average molecular weight is 227 g/mol. The molecule has 0 spiro atoms. The Labute approximate surface area is 95.5 Å². The van der Waals surface area contributed by atoms with Crippen LogP contribution >= 0.6 is 11.8 Å². The Hall–Kier alpha value is -0.540. The molecule has 0 radical (unpaired) electrons. The lowest BCUT2D eigenvalue weighted by Gasteiger charge is -2.14. The molecule has 0 heterocycles. The highest BCUT2D eigenvalue weighted by Gasteiger charge is 2.05. The zero-order chi connectivity index (χ0) is 11.1. The number of benzene rings is 1. The zero-order valence-electron chi connectivity index (χ0n) is 9.29. The molecule has 0 saturated heterocycles. The zero-order valence-corrected chi connectivity index (χ0v) is 10.1. The standard InChI is InChI=1S/C12H18FNS/c1-3-5-11(14-2)9-15-12-7-4-6-10(13)8-12/h4,6-8,11,14H,3,5,9H2,1-2H3. The van der Waals surface area contributed by atoms with E-state index in [1.165, 1.54) is 18.9 Å². The number of nitrogens with one attached hydrogen (secondary N) is 1. The van der Waals surface area contributed by atoms with Gasteiger partial charge in [0.25, 0.3) is 0 Å². The van der Waals surface area contributed by atoms with Crippen molar-refractivity contribution < 1.29 is 4.39 Å². The van der Waals surface area contributed by atoms with Gasteiger partial charge in [0.2, 0.25) is 0 Å². The molecule has 0 aliphatic heterocycles. The summed E-state index contributed by atoms with van der Waals surface area (Å²) >= 11 is 1.70. The van der Waals surface area contributed by atoms with E-state index in [9.17, 15) is 4.39 Å². The largest absolute Gasteiger partial charge is 0.316 e. The van der Waals surface area contributed by atoms with Crippen LogP contribution in [0.5, 0.6) is 0 Å². The number of hydrogen-bond acceptors (Lipinski definition) is 2. The topological polar surface area (TPSA) is 12.0 Å². The van der Waals surface area contributed by atoms with Gasteiger partial charge in [0.1, 0.15) is 5.82 Å². The first kappa shape index (κ1) is 12.5. The van der Waals surface area contributed by atoms with E-state index in [2.05, 4.69) is 12.2 Å². The van der Waals surface area contributed by atoms with Crippen molar-refractivity contribution in [1.29, 1.82) is 0 Å². The van der Waals surface area contributed by atoms with Crippen LogP contribution in [0.15, 0.2) is 29.2 Å². The summed E-state index contributed by atoms with van der Waals surface area (Å²) in [6.07, 6.45) is 2.34. The van der Waals surface area contributed by atoms with Crippen molar-refractivity contribution in [3.05, 3.63) is 30.1 Å². The third-order valence-corrected chi connectivity index (χ3v) is 3.45. The van der Waals surface area contributed by atoms with Crippen LogP contribution in [-0.2, 0) is 0 Å². The molecule has 0 aromatic heterocycles. The predicted octanol–water partition coefficient (Wildman–Crippen LogP) is 3.31. The molecule has 0 aliphatic carbocycles. The fourth-order valence-electron chi connectivity index (χ4n) is 1.41. The minimum atomic E-state index is -0.156. The lowest BCUT2D eigenvalue weighted by molar-refractivity contribution is 0.564. The molecule has 0 fully saturated rings. The monoisotopic (exact) mass is 227 g/mol. The highest BCUT2D eigenvalue weighted by atomic mass is 32.2. The summed E-state index contributed by atoms with van der Waals surface area (Å²) in [6, 6.07) is 7.29. The van der Waals surface area contributed by atoms with Gasteiger partial charge >= 0.3 is 0 Å². The van der Waals surface area contributed by atoms with E-state index in [0.29, 0.717) is 6.04 Å². The van der Waals surface area contributed by atoms with E-state index in [1.54, 1.807) is 23.9 Å². The van der Waals surface area contributed by atoms with Gasteiger partial charge in [-0.1, -0.05) is 19.4 Å². The summed E-state index contributed by atoms with van der Waals surface area (Å²) in [5.41, 5.74) is 0. The van der Waals surface area contributed by atoms with Crippen LogP contribution in [0.3, 0.4) is 0 Å². The van der Waals surface area contributed by atoms with Crippen LogP contribution in [0.4, 0.5) is 4.39 Å². The second-order valence-electron chi connectivity index (χ2n) is 3.54. The Kier molecular flexibility index (Phi) is 5.73. The van der Waals surface area contributed by atoms with E-state index in [-0.39, 0.29) is 5.82 Å². The van der Waals surface area contributed by atoms with E-state index in [1.807, 2.05) is 13.1 Å². The lowest BCUT2D eigenvalue weighted by atomic mass is 10.2. The Morgan fingerprint density at radius 2 is 2.27 bits per heavy atom. The maximum Gasteiger partial charge on any atom is 0.124 e. The second kappa shape index (κ2) is 6.85. The van der Waals surface area contributed by atoms with Crippen molar-refractivity contribution in [3.8, 4) is 0 Å². The van der Waals surface area contributed by atoms with E-state index in [0.717, 1.165) is 10.6 Å². The van der Waals surface area contributed by atoms with Gasteiger partial charge in [-0.2, -0.15) is 0 Å². The molecule has 1 nitrogen and oxygen atoms in total. The molecule has 1 unspecified atom stereocenters. The van der Waals surface area contributed by atoms with Crippen LogP contribution in [0.25, 0.3) is 0 Å². The molecule has 1 rings (SSSR count). The third kappa shape index (κ3) is 4.67. The summed E-state index contributed by atoms with van der Waals surface area (Å²) in [5, 5.41) is 3.27. The number of rotatable bonds is 6. The van der Waals surface area contributed by atoms with Crippen molar-refractivity contribution in [2.24, 2.45) is 0 Å². The van der Waals surface area contributed by atoms with Crippen molar-refractivity contribution in [2.75, 3.05) is 12.8 Å². The van der Waals surface area contributed by atoms with Crippen LogP contribution < -0.4 is 5.32 Å². The molecule has 15 heavy (non-hydrogen) atoms. The van der Waals surface area contributed by atoms with Gasteiger partial charge in [-0.15, -0.1) is 11.8 Å². The summed E-state index contributed by atoms with van der Waals surface area (Å²) in [7, 11) is 1.98. The SMILES string of the molecule is CCCC(CSc1cccc(F)c1)NC. The van der Waals surface area contributed by atoms with Gasteiger partial charge in [-0.25, -0.2) is 4.39 Å². The summed E-state index contributed by atoms with van der Waals surface area (Å²) in [5.74, 6) is 0.838. The summed E-state index contributed by atoms with van der Waals surface area (Å²) < 4.78 is 12.9. The molecular formula is C12H18FNS. The summed E-state index contributed by atoms with van der Waals surface area (Å²) in [6.45, 7) is 2.18. The van der Waals surface area contributed by atoms with Gasteiger partial charge in [0, 0.05) is 16.7 Å². The van der Waals surface area contributed by atoms with Crippen molar-refractivity contribution in [3.63, 3.8) is 0 Å². The normalized spacial score (nSPS) is 12.7. The number of hydrogen-bond donors (Lipinski definition) is 1. The summed E-state index contributed by atoms with van der Waals surface area (Å²) in [4.78, 5) is 1.01. The number of thioether (sulfide) groups is 1. The lowest BCUT2D eigenvalue weighted by Crippen LogP contribution is -2.27. The molecule has 0 amide bonds. The molecule has 0 saturated carbocycles. The van der Waals surface area contributed by atoms with Crippen LogP contribution in [0.1, 0.15) is 19.8 Å². The molecule has 1 N–H and O–H groups in total. The second-order valence-corrected chi connectivity index (χ2v) is 4.64. The molecule has 0 aliphatic rings. The fraction of sp³-hybridized carbons (Fsp3) is 0.500. The highest BCUT2D eigenvalue weighted by Crippen LogP contribution is 2.20. The third-order valence-electron chi connectivity index (χ3n) is 2.29. The van der Waals surface area contributed by atoms with Gasteiger partial charge in [-0.3, -0.25) is 0 Å². The smallest absolute Gasteiger partial charge is 0.124 e.